The third-order valence-electron chi connectivity index (χ3n) is 3.64. The van der Waals surface area contributed by atoms with Gasteiger partial charge in [-0.3, -0.25) is 4.79 Å². The number of hydrogen-bond acceptors (Lipinski definition) is 5. The number of ether oxygens (including phenoxy) is 1. The average molecular weight is 377 g/mol. The minimum Gasteiger partial charge on any atom is -0.483 e. The van der Waals surface area contributed by atoms with Crippen molar-refractivity contribution >= 4 is 11.6 Å². The first-order chi connectivity index (χ1) is 12.8. The molecule has 0 bridgehead atoms. The van der Waals surface area contributed by atoms with Crippen molar-refractivity contribution in [3.05, 3.63) is 59.9 Å². The Hall–Kier alpha value is -3.43. The van der Waals surface area contributed by atoms with E-state index in [1.807, 2.05) is 6.92 Å². The standard InChI is InChI=1S/C17H14F3N5O2/c1-11-6-7-12(8-14(11)25-10-21-23-24-25)22-16(26)9-27-15-5-3-2-4-13(15)17(18,19)20/h2-8,10H,9H2,1H3,(H,22,26). The predicted octanol–water partition coefficient (Wildman–Crippen LogP) is 3.01. The quantitative estimate of drug-likeness (QED) is 0.739. The Morgan fingerprint density at radius 1 is 1.22 bits per heavy atom. The lowest BCUT2D eigenvalue weighted by molar-refractivity contribution is -0.139. The molecule has 0 aliphatic carbocycles. The summed E-state index contributed by atoms with van der Waals surface area (Å²) in [5, 5.41) is 13.5. The number of para-hydroxylation sites is 1. The molecule has 0 saturated carbocycles. The largest absolute Gasteiger partial charge is 0.483 e. The summed E-state index contributed by atoms with van der Waals surface area (Å²) in [6.07, 6.45) is -3.16. The zero-order chi connectivity index (χ0) is 19.4. The minimum absolute atomic E-state index is 0.404. The van der Waals surface area contributed by atoms with Gasteiger partial charge in [-0.05, 0) is 47.2 Å². The van der Waals surface area contributed by atoms with Gasteiger partial charge < -0.3 is 10.1 Å². The third-order valence-corrected chi connectivity index (χ3v) is 3.64. The predicted molar refractivity (Wildman–Crippen MR) is 89.5 cm³/mol. The van der Waals surface area contributed by atoms with Crippen LogP contribution in [-0.4, -0.2) is 32.7 Å². The Morgan fingerprint density at radius 3 is 2.70 bits per heavy atom. The number of benzene rings is 2. The number of tetrazole rings is 1. The number of carbonyl (C=O) groups is 1. The topological polar surface area (TPSA) is 81.9 Å². The number of hydrogen-bond donors (Lipinski definition) is 1. The Labute approximate surface area is 151 Å². The summed E-state index contributed by atoms with van der Waals surface area (Å²) >= 11 is 0. The summed E-state index contributed by atoms with van der Waals surface area (Å²) in [5.41, 5.74) is 1.02. The van der Waals surface area contributed by atoms with Gasteiger partial charge in [0.05, 0.1) is 11.3 Å². The highest BCUT2D eigenvalue weighted by Gasteiger charge is 2.34. The number of anilines is 1. The summed E-state index contributed by atoms with van der Waals surface area (Å²) in [6.45, 7) is 1.28. The van der Waals surface area contributed by atoms with E-state index in [1.54, 1.807) is 18.2 Å². The highest BCUT2D eigenvalue weighted by Crippen LogP contribution is 2.35. The Kier molecular flexibility index (Phi) is 5.06. The van der Waals surface area contributed by atoms with E-state index in [0.29, 0.717) is 11.4 Å². The number of amides is 1. The first-order valence-corrected chi connectivity index (χ1v) is 7.77. The molecule has 3 rings (SSSR count). The van der Waals surface area contributed by atoms with Crippen molar-refractivity contribution in [1.29, 1.82) is 0 Å². The fraction of sp³-hybridized carbons (Fsp3) is 0.176. The van der Waals surface area contributed by atoms with Crippen LogP contribution >= 0.6 is 0 Å². The number of nitrogens with one attached hydrogen (secondary N) is 1. The van der Waals surface area contributed by atoms with Crippen LogP contribution < -0.4 is 10.1 Å². The SMILES string of the molecule is Cc1ccc(NC(=O)COc2ccccc2C(F)(F)F)cc1-n1cnnn1. The molecule has 7 nitrogen and oxygen atoms in total. The molecule has 2 aromatic carbocycles. The molecule has 27 heavy (non-hydrogen) atoms. The van der Waals surface area contributed by atoms with Crippen LogP contribution in [0.5, 0.6) is 5.75 Å². The number of rotatable bonds is 5. The molecule has 140 valence electrons. The zero-order valence-electron chi connectivity index (χ0n) is 14.1. The van der Waals surface area contributed by atoms with Gasteiger partial charge in [0, 0.05) is 5.69 Å². The first-order valence-electron chi connectivity index (χ1n) is 7.77. The molecule has 0 aliphatic heterocycles. The second-order valence-corrected chi connectivity index (χ2v) is 5.59. The van der Waals surface area contributed by atoms with Gasteiger partial charge in [0.25, 0.3) is 5.91 Å². The minimum atomic E-state index is -4.56. The Morgan fingerprint density at radius 2 is 2.00 bits per heavy atom. The summed E-state index contributed by atoms with van der Waals surface area (Å²) in [6, 6.07) is 9.78. The Bertz CT molecular complexity index is 942. The van der Waals surface area contributed by atoms with Crippen LogP contribution in [0.3, 0.4) is 0 Å². The fourth-order valence-electron chi connectivity index (χ4n) is 2.37. The van der Waals surface area contributed by atoms with E-state index in [4.69, 9.17) is 4.74 Å². The molecule has 10 heteroatoms. The van der Waals surface area contributed by atoms with Crippen molar-refractivity contribution in [2.75, 3.05) is 11.9 Å². The van der Waals surface area contributed by atoms with Gasteiger partial charge in [-0.15, -0.1) is 5.10 Å². The van der Waals surface area contributed by atoms with Crippen molar-refractivity contribution in [2.24, 2.45) is 0 Å². The monoisotopic (exact) mass is 377 g/mol. The molecule has 0 radical (unpaired) electrons. The number of carbonyl (C=O) groups excluding carboxylic acids is 1. The molecule has 3 aromatic rings. The molecular weight excluding hydrogens is 363 g/mol. The zero-order valence-corrected chi connectivity index (χ0v) is 14.1. The molecule has 0 aliphatic rings. The lowest BCUT2D eigenvalue weighted by Gasteiger charge is -2.14. The van der Waals surface area contributed by atoms with Crippen LogP contribution in [0.4, 0.5) is 18.9 Å². The van der Waals surface area contributed by atoms with E-state index in [2.05, 4.69) is 20.8 Å². The number of aryl methyl sites for hydroxylation is 1. The molecule has 0 spiro atoms. The van der Waals surface area contributed by atoms with Crippen LogP contribution in [0.15, 0.2) is 48.8 Å². The van der Waals surface area contributed by atoms with Crippen LogP contribution in [0.2, 0.25) is 0 Å². The van der Waals surface area contributed by atoms with Gasteiger partial charge >= 0.3 is 6.18 Å². The Balaban J connectivity index is 1.68. The summed E-state index contributed by atoms with van der Waals surface area (Å²) in [5.74, 6) is -1.00. The second-order valence-electron chi connectivity index (χ2n) is 5.59. The van der Waals surface area contributed by atoms with Gasteiger partial charge in [0.2, 0.25) is 0 Å². The molecule has 1 heterocycles. The van der Waals surface area contributed by atoms with Gasteiger partial charge in [0.15, 0.2) is 6.61 Å². The fourth-order valence-corrected chi connectivity index (χ4v) is 2.37. The van der Waals surface area contributed by atoms with Crippen molar-refractivity contribution in [2.45, 2.75) is 13.1 Å². The van der Waals surface area contributed by atoms with Crippen LogP contribution in [0, 0.1) is 6.92 Å². The number of aromatic nitrogens is 4. The molecule has 0 fully saturated rings. The van der Waals surface area contributed by atoms with Crippen molar-refractivity contribution in [3.63, 3.8) is 0 Å². The van der Waals surface area contributed by atoms with Gasteiger partial charge in [-0.2, -0.15) is 13.2 Å². The molecule has 1 N–H and O–H groups in total. The molecule has 0 saturated heterocycles. The van der Waals surface area contributed by atoms with E-state index in [-0.39, 0.29) is 0 Å². The van der Waals surface area contributed by atoms with Crippen LogP contribution in [0.25, 0.3) is 5.69 Å². The first kappa shape index (κ1) is 18.4. The number of nitrogens with zero attached hydrogens (tertiary/aromatic N) is 4. The molecule has 0 atom stereocenters. The second kappa shape index (κ2) is 7.44. The van der Waals surface area contributed by atoms with Gasteiger partial charge in [-0.1, -0.05) is 18.2 Å². The number of halogens is 3. The van der Waals surface area contributed by atoms with E-state index < -0.39 is 30.0 Å². The molecule has 1 amide bonds. The average Bonchev–Trinajstić information content (AvgIpc) is 3.15. The lowest BCUT2D eigenvalue weighted by atomic mass is 10.2. The highest BCUT2D eigenvalue weighted by molar-refractivity contribution is 5.92. The van der Waals surface area contributed by atoms with E-state index in [0.717, 1.165) is 17.7 Å². The maximum atomic E-state index is 12.9. The van der Waals surface area contributed by atoms with Crippen LogP contribution in [-0.2, 0) is 11.0 Å². The lowest BCUT2D eigenvalue weighted by Crippen LogP contribution is -2.21. The maximum Gasteiger partial charge on any atom is 0.419 e. The maximum absolute atomic E-state index is 12.9. The summed E-state index contributed by atoms with van der Waals surface area (Å²) < 4.78 is 45.3. The molecule has 0 unspecified atom stereocenters. The van der Waals surface area contributed by atoms with Crippen molar-refractivity contribution in [1.82, 2.24) is 20.2 Å². The normalized spacial score (nSPS) is 11.3. The van der Waals surface area contributed by atoms with E-state index in [9.17, 15) is 18.0 Å². The van der Waals surface area contributed by atoms with Crippen molar-refractivity contribution < 1.29 is 22.7 Å². The smallest absolute Gasteiger partial charge is 0.419 e. The molecular formula is C17H14F3N5O2. The van der Waals surface area contributed by atoms with Gasteiger partial charge in [-0.25, -0.2) is 4.68 Å². The molecule has 1 aromatic heterocycles. The third kappa shape index (κ3) is 4.40. The van der Waals surface area contributed by atoms with E-state index in [1.165, 1.54) is 23.1 Å². The number of alkyl halides is 3. The summed E-state index contributed by atoms with van der Waals surface area (Å²) in [4.78, 5) is 12.1. The van der Waals surface area contributed by atoms with E-state index >= 15 is 0 Å². The van der Waals surface area contributed by atoms with Gasteiger partial charge in [0.1, 0.15) is 12.1 Å². The highest BCUT2D eigenvalue weighted by atomic mass is 19.4. The van der Waals surface area contributed by atoms with Crippen molar-refractivity contribution in [3.8, 4) is 11.4 Å². The van der Waals surface area contributed by atoms with Crippen LogP contribution in [0.1, 0.15) is 11.1 Å². The summed E-state index contributed by atoms with van der Waals surface area (Å²) in [7, 11) is 0.